The van der Waals surface area contributed by atoms with E-state index in [1.807, 2.05) is 0 Å². The summed E-state index contributed by atoms with van der Waals surface area (Å²) in [7, 11) is 0. The largest absolute Gasteiger partial charge is 0.388 e. The second-order valence-electron chi connectivity index (χ2n) is 4.27. The molecule has 5 heteroatoms. The lowest BCUT2D eigenvalue weighted by molar-refractivity contribution is 0.146. The first-order chi connectivity index (χ1) is 9.11. The summed E-state index contributed by atoms with van der Waals surface area (Å²) in [5.41, 5.74) is 6.60. The van der Waals surface area contributed by atoms with E-state index in [1.165, 1.54) is 0 Å². The van der Waals surface area contributed by atoms with Crippen molar-refractivity contribution in [3.63, 3.8) is 0 Å². The molecule has 0 saturated heterocycles. The van der Waals surface area contributed by atoms with Crippen molar-refractivity contribution in [2.24, 2.45) is 5.73 Å². The molecule has 0 fully saturated rings. The number of pyridine rings is 1. The Labute approximate surface area is 109 Å². The Hall–Kier alpha value is -1.85. The lowest BCUT2D eigenvalue weighted by Crippen LogP contribution is -2.20. The maximum Gasteiger partial charge on any atom is 0.126 e. The van der Waals surface area contributed by atoms with Crippen LogP contribution in [-0.4, -0.2) is 16.6 Å². The van der Waals surface area contributed by atoms with Gasteiger partial charge < -0.3 is 10.8 Å². The average molecular weight is 264 g/mol. The molecule has 2 atom stereocenters. The maximum atomic E-state index is 13.2. The first kappa shape index (κ1) is 13.6. The average Bonchev–Trinajstić information content (AvgIpc) is 2.39. The summed E-state index contributed by atoms with van der Waals surface area (Å²) in [6.45, 7) is 0.156. The van der Waals surface area contributed by atoms with Gasteiger partial charge >= 0.3 is 0 Å². The predicted octanol–water partition coefficient (Wildman–Crippen LogP) is 2.14. The zero-order chi connectivity index (χ0) is 13.8. The molecule has 0 aliphatic carbocycles. The highest BCUT2D eigenvalue weighted by molar-refractivity contribution is 5.26. The normalized spacial score (nSPS) is 14.1. The number of halogens is 2. The fourth-order valence-electron chi connectivity index (χ4n) is 2.04. The standard InChI is InChI=1S/C14H14F2N2O/c15-11-5-10(6-12(16)7-11)14(19)13(8-17)9-1-3-18-4-2-9/h1-7,13-14,19H,8,17H2. The van der Waals surface area contributed by atoms with Gasteiger partial charge in [-0.25, -0.2) is 8.78 Å². The van der Waals surface area contributed by atoms with E-state index in [1.54, 1.807) is 24.5 Å². The van der Waals surface area contributed by atoms with Gasteiger partial charge in [0, 0.05) is 30.9 Å². The Kier molecular flexibility index (Phi) is 4.19. The second kappa shape index (κ2) is 5.86. The molecular weight excluding hydrogens is 250 g/mol. The van der Waals surface area contributed by atoms with Gasteiger partial charge in [-0.15, -0.1) is 0 Å². The monoisotopic (exact) mass is 264 g/mol. The van der Waals surface area contributed by atoms with Crippen LogP contribution in [0.2, 0.25) is 0 Å². The number of hydrogen-bond donors (Lipinski definition) is 2. The number of nitrogens with zero attached hydrogens (tertiary/aromatic N) is 1. The molecule has 3 nitrogen and oxygen atoms in total. The van der Waals surface area contributed by atoms with E-state index in [-0.39, 0.29) is 12.1 Å². The van der Waals surface area contributed by atoms with Crippen LogP contribution in [0.3, 0.4) is 0 Å². The van der Waals surface area contributed by atoms with Crippen LogP contribution in [0.1, 0.15) is 23.1 Å². The molecule has 1 aromatic heterocycles. The Bertz CT molecular complexity index is 528. The number of aliphatic hydroxyl groups is 1. The first-order valence-corrected chi connectivity index (χ1v) is 5.86. The minimum atomic E-state index is -1.07. The maximum absolute atomic E-state index is 13.2. The van der Waals surface area contributed by atoms with Crippen LogP contribution in [-0.2, 0) is 0 Å². The van der Waals surface area contributed by atoms with E-state index in [4.69, 9.17) is 5.73 Å². The molecule has 19 heavy (non-hydrogen) atoms. The van der Waals surface area contributed by atoms with Gasteiger partial charge in [-0.1, -0.05) is 0 Å². The van der Waals surface area contributed by atoms with E-state index >= 15 is 0 Å². The summed E-state index contributed by atoms with van der Waals surface area (Å²) in [6.07, 6.45) is 2.09. The van der Waals surface area contributed by atoms with Crippen molar-refractivity contribution in [3.8, 4) is 0 Å². The van der Waals surface area contributed by atoms with Crippen molar-refractivity contribution in [2.75, 3.05) is 6.54 Å². The minimum absolute atomic E-state index is 0.156. The molecule has 2 aromatic rings. The molecule has 100 valence electrons. The van der Waals surface area contributed by atoms with Gasteiger partial charge in [0.1, 0.15) is 11.6 Å². The molecule has 0 spiro atoms. The van der Waals surface area contributed by atoms with E-state index in [9.17, 15) is 13.9 Å². The quantitative estimate of drug-likeness (QED) is 0.889. The third-order valence-electron chi connectivity index (χ3n) is 3.00. The number of hydrogen-bond acceptors (Lipinski definition) is 3. The topological polar surface area (TPSA) is 59.1 Å². The Balaban J connectivity index is 2.33. The molecular formula is C14H14F2N2O. The summed E-state index contributed by atoms with van der Waals surface area (Å²) >= 11 is 0. The number of benzene rings is 1. The summed E-state index contributed by atoms with van der Waals surface area (Å²) in [5, 5.41) is 10.2. The summed E-state index contributed by atoms with van der Waals surface area (Å²) < 4.78 is 26.3. The lowest BCUT2D eigenvalue weighted by atomic mass is 9.90. The molecule has 2 unspecified atom stereocenters. The van der Waals surface area contributed by atoms with E-state index < -0.39 is 23.7 Å². The number of aromatic nitrogens is 1. The molecule has 1 heterocycles. The van der Waals surface area contributed by atoms with Crippen LogP contribution < -0.4 is 5.73 Å². The summed E-state index contributed by atoms with van der Waals surface area (Å²) in [6, 6.07) is 6.42. The van der Waals surface area contributed by atoms with Gasteiger partial charge in [-0.3, -0.25) is 4.98 Å². The fourth-order valence-corrected chi connectivity index (χ4v) is 2.04. The molecule has 0 amide bonds. The number of rotatable bonds is 4. The minimum Gasteiger partial charge on any atom is -0.388 e. The zero-order valence-corrected chi connectivity index (χ0v) is 10.1. The number of aliphatic hydroxyl groups excluding tert-OH is 1. The molecule has 0 aliphatic rings. The molecule has 1 aromatic carbocycles. The molecule has 0 radical (unpaired) electrons. The lowest BCUT2D eigenvalue weighted by Gasteiger charge is -2.22. The number of nitrogens with two attached hydrogens (primary N) is 1. The SMILES string of the molecule is NCC(c1ccncc1)C(O)c1cc(F)cc(F)c1. The van der Waals surface area contributed by atoms with Gasteiger partial charge in [-0.2, -0.15) is 0 Å². The van der Waals surface area contributed by atoms with Crippen molar-refractivity contribution < 1.29 is 13.9 Å². The smallest absolute Gasteiger partial charge is 0.126 e. The molecule has 2 rings (SSSR count). The van der Waals surface area contributed by atoms with E-state index in [2.05, 4.69) is 4.98 Å². The van der Waals surface area contributed by atoms with Gasteiger partial charge in [0.25, 0.3) is 0 Å². The van der Waals surface area contributed by atoms with Gasteiger partial charge in [0.15, 0.2) is 0 Å². The van der Waals surface area contributed by atoms with Crippen molar-refractivity contribution >= 4 is 0 Å². The Morgan fingerprint density at radius 1 is 1.05 bits per heavy atom. The van der Waals surface area contributed by atoms with Crippen molar-refractivity contribution in [3.05, 3.63) is 65.5 Å². The van der Waals surface area contributed by atoms with Crippen molar-refractivity contribution in [1.82, 2.24) is 4.98 Å². The van der Waals surface area contributed by atoms with Crippen LogP contribution in [0.4, 0.5) is 8.78 Å². The third kappa shape index (κ3) is 3.13. The Morgan fingerprint density at radius 2 is 1.63 bits per heavy atom. The van der Waals surface area contributed by atoms with Crippen LogP contribution in [0.25, 0.3) is 0 Å². The van der Waals surface area contributed by atoms with Crippen molar-refractivity contribution in [1.29, 1.82) is 0 Å². The van der Waals surface area contributed by atoms with Gasteiger partial charge in [-0.05, 0) is 35.4 Å². The van der Waals surface area contributed by atoms with Crippen molar-refractivity contribution in [2.45, 2.75) is 12.0 Å². The summed E-state index contributed by atoms with van der Waals surface area (Å²) in [4.78, 5) is 3.88. The molecule has 0 bridgehead atoms. The van der Waals surface area contributed by atoms with Crippen LogP contribution >= 0.6 is 0 Å². The highest BCUT2D eigenvalue weighted by Crippen LogP contribution is 2.30. The first-order valence-electron chi connectivity index (χ1n) is 5.86. The third-order valence-corrected chi connectivity index (χ3v) is 3.00. The highest BCUT2D eigenvalue weighted by Gasteiger charge is 2.22. The van der Waals surface area contributed by atoms with Gasteiger partial charge in [0.2, 0.25) is 0 Å². The molecule has 0 aliphatic heterocycles. The second-order valence-corrected chi connectivity index (χ2v) is 4.27. The van der Waals surface area contributed by atoms with E-state index in [0.29, 0.717) is 0 Å². The zero-order valence-electron chi connectivity index (χ0n) is 10.1. The predicted molar refractivity (Wildman–Crippen MR) is 67.4 cm³/mol. The summed E-state index contributed by atoms with van der Waals surface area (Å²) in [5.74, 6) is -1.89. The van der Waals surface area contributed by atoms with E-state index in [0.717, 1.165) is 23.8 Å². The van der Waals surface area contributed by atoms with Crippen LogP contribution in [0.5, 0.6) is 0 Å². The van der Waals surface area contributed by atoms with Crippen LogP contribution in [0.15, 0.2) is 42.7 Å². The van der Waals surface area contributed by atoms with Gasteiger partial charge in [0.05, 0.1) is 6.10 Å². The van der Waals surface area contributed by atoms with Crippen LogP contribution in [0, 0.1) is 11.6 Å². The molecule has 3 N–H and O–H groups in total. The highest BCUT2D eigenvalue weighted by atomic mass is 19.1. The fraction of sp³-hybridized carbons (Fsp3) is 0.214. The molecule has 0 saturated carbocycles. The Morgan fingerprint density at radius 3 is 2.16 bits per heavy atom.